The highest BCUT2D eigenvalue weighted by Gasteiger charge is 2.30. The van der Waals surface area contributed by atoms with Crippen LogP contribution in [0, 0.1) is 20.2 Å². The predicted molar refractivity (Wildman–Crippen MR) is 158 cm³/mol. The lowest BCUT2D eigenvalue weighted by Crippen LogP contribution is -2.11. The van der Waals surface area contributed by atoms with Gasteiger partial charge in [-0.1, -0.05) is 42.5 Å². The van der Waals surface area contributed by atoms with Crippen molar-refractivity contribution >= 4 is 44.5 Å². The second kappa shape index (κ2) is 8.25. The Labute approximate surface area is 236 Å². The molecule has 0 amide bonds. The lowest BCUT2D eigenvalue weighted by Gasteiger charge is -2.23. The monoisotopic (exact) mass is 548 g/mol. The predicted octanol–water partition coefficient (Wildman–Crippen LogP) is 7.90. The van der Waals surface area contributed by atoms with E-state index < -0.39 is 9.85 Å². The molecule has 2 aliphatic rings. The highest BCUT2D eigenvalue weighted by Crippen LogP contribution is 2.47. The smallest absolute Gasteiger partial charge is 0.277 e. The first-order chi connectivity index (χ1) is 20.3. The molecule has 0 aliphatic heterocycles. The van der Waals surface area contributed by atoms with Crippen molar-refractivity contribution in [1.29, 1.82) is 0 Å². The van der Waals surface area contributed by atoms with Gasteiger partial charge >= 0.3 is 0 Å². The van der Waals surface area contributed by atoms with Crippen LogP contribution in [0.25, 0.3) is 54.9 Å². The molecule has 198 valence electrons. The standard InChI is InChI=1S/C34H16N2O6/c37-33-23-6-2-1-5-21(23)27-14-19(15-29-30(36(41)42)11-10-25(33)32(27)29)18-12-17-4-3-7-24-31(17)26(13-18)22-9-8-20(35(39)40)16-28(22)34(24)38/h1-16H. The van der Waals surface area contributed by atoms with E-state index in [1.807, 2.05) is 36.4 Å². The van der Waals surface area contributed by atoms with Gasteiger partial charge in [0.1, 0.15) is 0 Å². The molecule has 0 saturated carbocycles. The summed E-state index contributed by atoms with van der Waals surface area (Å²) in [5, 5.41) is 26.1. The summed E-state index contributed by atoms with van der Waals surface area (Å²) >= 11 is 0. The Hall–Kier alpha value is -6.02. The molecule has 0 saturated heterocycles. The van der Waals surface area contributed by atoms with Gasteiger partial charge in [0.25, 0.3) is 11.4 Å². The zero-order chi connectivity index (χ0) is 28.9. The van der Waals surface area contributed by atoms with Gasteiger partial charge in [-0.2, -0.15) is 0 Å². The topological polar surface area (TPSA) is 120 Å². The van der Waals surface area contributed by atoms with Crippen LogP contribution in [0.15, 0.2) is 97.1 Å². The second-order valence-corrected chi connectivity index (χ2v) is 10.5. The van der Waals surface area contributed by atoms with Crippen LogP contribution < -0.4 is 0 Å². The summed E-state index contributed by atoms with van der Waals surface area (Å²) in [5.74, 6) is -0.456. The van der Waals surface area contributed by atoms with Crippen LogP contribution in [-0.2, 0) is 0 Å². The molecular weight excluding hydrogens is 532 g/mol. The molecular formula is C34H16N2O6. The van der Waals surface area contributed by atoms with Crippen molar-refractivity contribution < 1.29 is 19.4 Å². The first-order valence-electron chi connectivity index (χ1n) is 13.1. The molecule has 2 aliphatic carbocycles. The number of ketones is 2. The number of nitro benzene ring substituents is 2. The minimum atomic E-state index is -0.523. The van der Waals surface area contributed by atoms with Crippen molar-refractivity contribution in [1.82, 2.24) is 0 Å². The number of non-ortho nitro benzene ring substituents is 2. The van der Waals surface area contributed by atoms with Crippen LogP contribution in [0.1, 0.15) is 31.8 Å². The van der Waals surface area contributed by atoms with Crippen LogP contribution in [-0.4, -0.2) is 21.4 Å². The van der Waals surface area contributed by atoms with Crippen molar-refractivity contribution in [3.05, 3.63) is 140 Å². The van der Waals surface area contributed by atoms with Crippen LogP contribution >= 0.6 is 0 Å². The lowest BCUT2D eigenvalue weighted by molar-refractivity contribution is -0.384. The largest absolute Gasteiger partial charge is 0.289 e. The van der Waals surface area contributed by atoms with E-state index in [1.54, 1.807) is 36.4 Å². The van der Waals surface area contributed by atoms with Gasteiger partial charge in [-0.05, 0) is 75.2 Å². The number of carbonyl (C=O) groups excluding carboxylic acids is 2. The normalized spacial score (nSPS) is 12.8. The number of rotatable bonds is 3. The highest BCUT2D eigenvalue weighted by molar-refractivity contribution is 6.28. The summed E-state index contributed by atoms with van der Waals surface area (Å²) in [4.78, 5) is 49.4. The van der Waals surface area contributed by atoms with Crippen molar-refractivity contribution in [3.8, 4) is 33.4 Å². The fourth-order valence-electron chi connectivity index (χ4n) is 6.47. The fourth-order valence-corrected chi connectivity index (χ4v) is 6.47. The van der Waals surface area contributed by atoms with Crippen LogP contribution in [0.4, 0.5) is 11.4 Å². The molecule has 0 bridgehead atoms. The Morgan fingerprint density at radius 1 is 0.476 bits per heavy atom. The lowest BCUT2D eigenvalue weighted by atomic mass is 9.79. The number of hydrogen-bond acceptors (Lipinski definition) is 6. The minimum Gasteiger partial charge on any atom is -0.289 e. The van der Waals surface area contributed by atoms with E-state index >= 15 is 0 Å². The van der Waals surface area contributed by atoms with Gasteiger partial charge in [0, 0.05) is 51.2 Å². The summed E-state index contributed by atoms with van der Waals surface area (Å²) in [5.41, 5.74) is 5.61. The Balaban J connectivity index is 1.46. The molecule has 0 unspecified atom stereocenters. The van der Waals surface area contributed by atoms with E-state index in [0.717, 1.165) is 27.5 Å². The molecule has 0 aromatic heterocycles. The molecule has 0 fully saturated rings. The van der Waals surface area contributed by atoms with Crippen molar-refractivity contribution in [2.45, 2.75) is 0 Å². The van der Waals surface area contributed by atoms with Gasteiger partial charge in [-0.15, -0.1) is 0 Å². The maximum absolute atomic E-state index is 13.4. The first-order valence-corrected chi connectivity index (χ1v) is 13.1. The molecule has 0 N–H and O–H groups in total. The third-order valence-electron chi connectivity index (χ3n) is 8.30. The number of nitrogens with zero attached hydrogens (tertiary/aromatic N) is 2. The third kappa shape index (κ3) is 3.11. The van der Waals surface area contributed by atoms with Gasteiger partial charge in [0.15, 0.2) is 11.6 Å². The average molecular weight is 549 g/mol. The number of carbonyl (C=O) groups is 2. The van der Waals surface area contributed by atoms with Gasteiger partial charge in [0.05, 0.1) is 15.2 Å². The van der Waals surface area contributed by atoms with E-state index in [9.17, 15) is 29.8 Å². The van der Waals surface area contributed by atoms with Crippen LogP contribution in [0.5, 0.6) is 0 Å². The third-order valence-corrected chi connectivity index (χ3v) is 8.30. The first kappa shape index (κ1) is 23.8. The summed E-state index contributed by atoms with van der Waals surface area (Å²) in [7, 11) is 0. The second-order valence-electron chi connectivity index (χ2n) is 10.5. The minimum absolute atomic E-state index is 0.100. The molecule has 42 heavy (non-hydrogen) atoms. The highest BCUT2D eigenvalue weighted by atomic mass is 16.6. The molecule has 0 atom stereocenters. The zero-order valence-electron chi connectivity index (χ0n) is 21.6. The average Bonchev–Trinajstić information content (AvgIpc) is 3.01. The molecule has 6 aromatic rings. The maximum atomic E-state index is 13.4. The number of hydrogen-bond donors (Lipinski definition) is 0. The van der Waals surface area contributed by atoms with Crippen molar-refractivity contribution in [3.63, 3.8) is 0 Å². The SMILES string of the molecule is O=C1c2cc([N+](=O)[O-])ccc2-c2cc(-c3cc4c5c(ccc([N+](=O)[O-])c5c3)C(=O)c3ccccc3-4)cc3cccc1c23. The molecule has 0 heterocycles. The van der Waals surface area contributed by atoms with E-state index in [1.165, 1.54) is 24.3 Å². The Bertz CT molecular complexity index is 2300. The van der Waals surface area contributed by atoms with Gasteiger partial charge in [0.2, 0.25) is 0 Å². The molecule has 0 radical (unpaired) electrons. The van der Waals surface area contributed by atoms with E-state index in [4.69, 9.17) is 0 Å². The molecule has 0 spiro atoms. The Morgan fingerprint density at radius 3 is 1.86 bits per heavy atom. The summed E-state index contributed by atoms with van der Waals surface area (Å²) in [6, 6.07) is 27.4. The van der Waals surface area contributed by atoms with Gasteiger partial charge < -0.3 is 0 Å². The van der Waals surface area contributed by atoms with E-state index in [2.05, 4.69) is 0 Å². The fraction of sp³-hybridized carbons (Fsp3) is 0. The maximum Gasteiger partial charge on any atom is 0.277 e. The Morgan fingerprint density at radius 2 is 1.10 bits per heavy atom. The molecule has 8 nitrogen and oxygen atoms in total. The summed E-state index contributed by atoms with van der Waals surface area (Å²) in [6.07, 6.45) is 0. The quantitative estimate of drug-likeness (QED) is 0.163. The van der Waals surface area contributed by atoms with Crippen LogP contribution in [0.3, 0.4) is 0 Å². The molecule has 6 aromatic carbocycles. The molecule has 8 heteroatoms. The zero-order valence-corrected chi connectivity index (χ0v) is 21.6. The van der Waals surface area contributed by atoms with Crippen LogP contribution in [0.2, 0.25) is 0 Å². The summed E-state index contributed by atoms with van der Waals surface area (Å²) < 4.78 is 0. The number of nitro groups is 2. The number of benzene rings is 6. The Kier molecular flexibility index (Phi) is 4.68. The van der Waals surface area contributed by atoms with Crippen molar-refractivity contribution in [2.24, 2.45) is 0 Å². The van der Waals surface area contributed by atoms with Gasteiger partial charge in [-0.25, -0.2) is 0 Å². The van der Waals surface area contributed by atoms with Gasteiger partial charge in [-0.3, -0.25) is 29.8 Å². The molecule has 8 rings (SSSR count). The van der Waals surface area contributed by atoms with Crippen molar-refractivity contribution in [2.75, 3.05) is 0 Å². The van der Waals surface area contributed by atoms with E-state index in [0.29, 0.717) is 44.2 Å². The number of fused-ring (bicyclic) bond motifs is 4. The summed E-state index contributed by atoms with van der Waals surface area (Å²) in [6.45, 7) is 0. The van der Waals surface area contributed by atoms with E-state index in [-0.39, 0.29) is 28.5 Å².